The van der Waals surface area contributed by atoms with Crippen molar-refractivity contribution in [3.63, 3.8) is 0 Å². The summed E-state index contributed by atoms with van der Waals surface area (Å²) in [4.78, 5) is 10.6. The lowest BCUT2D eigenvalue weighted by atomic mass is 10.0. The second kappa shape index (κ2) is 5.13. The number of esters is 1. The largest absolute Gasteiger partial charge is 0.465 e. The number of hydrogen-bond donors (Lipinski definition) is 1. The summed E-state index contributed by atoms with van der Waals surface area (Å²) in [6.45, 7) is 6.08. The van der Waals surface area contributed by atoms with Crippen LogP contribution in [-0.2, 0) is 9.53 Å². The zero-order chi connectivity index (χ0) is 8.85. The number of cyclic esters (lactones) is 1. The highest BCUT2D eigenvalue weighted by Crippen LogP contribution is 2.17. The predicted octanol–water partition coefficient (Wildman–Crippen LogP) is 0.956. The maximum atomic E-state index is 10.6. The Kier molecular flexibility index (Phi) is 4.86. The van der Waals surface area contributed by atoms with Crippen molar-refractivity contribution in [1.29, 1.82) is 0 Å². The van der Waals surface area contributed by atoms with Gasteiger partial charge in [-0.1, -0.05) is 13.8 Å². The Balaban J connectivity index is 0.000000461. The third-order valence-electron chi connectivity index (χ3n) is 1.56. The summed E-state index contributed by atoms with van der Waals surface area (Å²) in [5.41, 5.74) is 0. The van der Waals surface area contributed by atoms with Crippen LogP contribution < -0.4 is 0 Å². The molecule has 66 valence electrons. The molecule has 1 aliphatic heterocycles. The van der Waals surface area contributed by atoms with E-state index < -0.39 is 6.10 Å². The Morgan fingerprint density at radius 1 is 1.64 bits per heavy atom. The lowest BCUT2D eigenvalue weighted by Gasteiger charge is -2.06. The van der Waals surface area contributed by atoms with Gasteiger partial charge in [0.25, 0.3) is 0 Å². The lowest BCUT2D eigenvalue weighted by molar-refractivity contribution is -0.143. The number of carbonyl (C=O) groups excluding carboxylic acids is 1. The molecule has 1 aliphatic rings. The van der Waals surface area contributed by atoms with Gasteiger partial charge in [-0.05, 0) is 13.3 Å². The van der Waals surface area contributed by atoms with Crippen LogP contribution in [0.15, 0.2) is 0 Å². The van der Waals surface area contributed by atoms with Crippen LogP contribution in [0.1, 0.15) is 27.2 Å². The Morgan fingerprint density at radius 2 is 2.18 bits per heavy atom. The third kappa shape index (κ3) is 2.89. The van der Waals surface area contributed by atoms with Gasteiger partial charge in [0.2, 0.25) is 0 Å². The van der Waals surface area contributed by atoms with Crippen LogP contribution in [0.2, 0.25) is 0 Å². The van der Waals surface area contributed by atoms with E-state index in [9.17, 15) is 4.79 Å². The zero-order valence-electron chi connectivity index (χ0n) is 7.33. The molecule has 0 saturated carbocycles. The molecule has 3 nitrogen and oxygen atoms in total. The predicted molar refractivity (Wildman–Crippen MR) is 42.1 cm³/mol. The SMILES string of the molecule is CC.CC(O)C1CCOC1=O. The average molecular weight is 160 g/mol. The molecule has 0 aromatic carbocycles. The second-order valence-electron chi connectivity index (χ2n) is 2.30. The Morgan fingerprint density at radius 3 is 2.36 bits per heavy atom. The number of aliphatic hydroxyl groups is 1. The summed E-state index contributed by atoms with van der Waals surface area (Å²) in [5, 5.41) is 8.92. The van der Waals surface area contributed by atoms with Gasteiger partial charge >= 0.3 is 5.97 Å². The molecule has 0 amide bonds. The van der Waals surface area contributed by atoms with Crippen LogP contribution in [-0.4, -0.2) is 23.8 Å². The van der Waals surface area contributed by atoms with E-state index in [2.05, 4.69) is 4.74 Å². The molecule has 1 saturated heterocycles. The normalized spacial score (nSPS) is 25.1. The van der Waals surface area contributed by atoms with Crippen molar-refractivity contribution < 1.29 is 14.6 Å². The first-order chi connectivity index (χ1) is 5.22. The minimum atomic E-state index is -0.556. The van der Waals surface area contributed by atoms with Crippen molar-refractivity contribution >= 4 is 5.97 Å². The van der Waals surface area contributed by atoms with Gasteiger partial charge in [0.1, 0.15) is 0 Å². The molecule has 0 aromatic rings. The summed E-state index contributed by atoms with van der Waals surface area (Å²) < 4.78 is 4.63. The number of hydrogen-bond acceptors (Lipinski definition) is 3. The molecule has 1 N–H and O–H groups in total. The average Bonchev–Trinajstić information content (AvgIpc) is 2.39. The Labute approximate surface area is 67.4 Å². The number of rotatable bonds is 1. The van der Waals surface area contributed by atoms with E-state index in [1.54, 1.807) is 6.92 Å². The van der Waals surface area contributed by atoms with E-state index in [1.165, 1.54) is 0 Å². The molecule has 2 atom stereocenters. The molecule has 0 aromatic heterocycles. The number of aliphatic hydroxyl groups excluding tert-OH is 1. The van der Waals surface area contributed by atoms with E-state index in [1.807, 2.05) is 13.8 Å². The summed E-state index contributed by atoms with van der Waals surface area (Å²) in [6, 6.07) is 0. The summed E-state index contributed by atoms with van der Waals surface area (Å²) >= 11 is 0. The van der Waals surface area contributed by atoms with Gasteiger partial charge < -0.3 is 9.84 Å². The van der Waals surface area contributed by atoms with E-state index in [0.29, 0.717) is 13.0 Å². The standard InChI is InChI=1S/C6H10O3.C2H6/c1-4(7)5-2-3-9-6(5)8;1-2/h4-5,7H,2-3H2,1H3;1-2H3. The van der Waals surface area contributed by atoms with Crippen LogP contribution in [0.3, 0.4) is 0 Å². The highest BCUT2D eigenvalue weighted by atomic mass is 16.5. The van der Waals surface area contributed by atoms with Gasteiger partial charge in [-0.15, -0.1) is 0 Å². The highest BCUT2D eigenvalue weighted by molar-refractivity contribution is 5.74. The van der Waals surface area contributed by atoms with Crippen molar-refractivity contribution in [1.82, 2.24) is 0 Å². The Bertz CT molecular complexity index is 121. The fourth-order valence-corrected chi connectivity index (χ4v) is 0.950. The molecule has 11 heavy (non-hydrogen) atoms. The van der Waals surface area contributed by atoms with Crippen LogP contribution in [0.25, 0.3) is 0 Å². The minimum Gasteiger partial charge on any atom is -0.465 e. The molecule has 0 aliphatic carbocycles. The van der Waals surface area contributed by atoms with Gasteiger partial charge in [0, 0.05) is 0 Å². The number of ether oxygens (including phenoxy) is 1. The Hall–Kier alpha value is -0.570. The number of carbonyl (C=O) groups is 1. The van der Waals surface area contributed by atoms with Crippen LogP contribution >= 0.6 is 0 Å². The van der Waals surface area contributed by atoms with Crippen LogP contribution in [0.5, 0.6) is 0 Å². The van der Waals surface area contributed by atoms with Crippen molar-refractivity contribution in [3.8, 4) is 0 Å². The van der Waals surface area contributed by atoms with Gasteiger partial charge in [-0.2, -0.15) is 0 Å². The molecule has 3 heteroatoms. The van der Waals surface area contributed by atoms with Gasteiger partial charge in [-0.25, -0.2) is 0 Å². The van der Waals surface area contributed by atoms with E-state index in [4.69, 9.17) is 5.11 Å². The first-order valence-electron chi connectivity index (χ1n) is 4.06. The highest BCUT2D eigenvalue weighted by Gasteiger charge is 2.30. The zero-order valence-corrected chi connectivity index (χ0v) is 7.33. The first-order valence-corrected chi connectivity index (χ1v) is 4.06. The van der Waals surface area contributed by atoms with Gasteiger partial charge in [-0.3, -0.25) is 4.79 Å². The fraction of sp³-hybridized carbons (Fsp3) is 0.875. The first kappa shape index (κ1) is 10.4. The second-order valence-corrected chi connectivity index (χ2v) is 2.30. The molecule has 0 radical (unpaired) electrons. The molecule has 0 spiro atoms. The summed E-state index contributed by atoms with van der Waals surface area (Å²) in [6.07, 6.45) is 0.108. The summed E-state index contributed by atoms with van der Waals surface area (Å²) in [7, 11) is 0. The molecule has 0 bridgehead atoms. The molecular formula is C8H16O3. The molecular weight excluding hydrogens is 144 g/mol. The van der Waals surface area contributed by atoms with Gasteiger partial charge in [0.05, 0.1) is 18.6 Å². The maximum absolute atomic E-state index is 10.6. The molecule has 2 unspecified atom stereocenters. The fourth-order valence-electron chi connectivity index (χ4n) is 0.950. The monoisotopic (exact) mass is 160 g/mol. The van der Waals surface area contributed by atoms with Gasteiger partial charge in [0.15, 0.2) is 0 Å². The van der Waals surface area contributed by atoms with E-state index in [-0.39, 0.29) is 11.9 Å². The van der Waals surface area contributed by atoms with Crippen molar-refractivity contribution in [3.05, 3.63) is 0 Å². The third-order valence-corrected chi connectivity index (χ3v) is 1.56. The minimum absolute atomic E-state index is 0.259. The van der Waals surface area contributed by atoms with Crippen molar-refractivity contribution in [2.24, 2.45) is 5.92 Å². The lowest BCUT2D eigenvalue weighted by Crippen LogP contribution is -2.20. The van der Waals surface area contributed by atoms with Crippen LogP contribution in [0.4, 0.5) is 0 Å². The summed E-state index contributed by atoms with van der Waals surface area (Å²) in [5.74, 6) is -0.532. The molecule has 1 heterocycles. The quantitative estimate of drug-likeness (QED) is 0.581. The van der Waals surface area contributed by atoms with Crippen molar-refractivity contribution in [2.75, 3.05) is 6.61 Å². The van der Waals surface area contributed by atoms with E-state index >= 15 is 0 Å². The maximum Gasteiger partial charge on any atom is 0.311 e. The van der Waals surface area contributed by atoms with Crippen molar-refractivity contribution in [2.45, 2.75) is 33.3 Å². The van der Waals surface area contributed by atoms with Crippen LogP contribution in [0, 0.1) is 5.92 Å². The topological polar surface area (TPSA) is 46.5 Å². The molecule has 1 rings (SSSR count). The smallest absolute Gasteiger partial charge is 0.311 e. The van der Waals surface area contributed by atoms with E-state index in [0.717, 1.165) is 0 Å². The molecule has 1 fully saturated rings.